The number of imidazole rings is 1. The third kappa shape index (κ3) is 5.81. The maximum absolute atomic E-state index is 14.0. The van der Waals surface area contributed by atoms with Crippen molar-refractivity contribution in [3.8, 4) is 11.3 Å². The van der Waals surface area contributed by atoms with Crippen molar-refractivity contribution in [3.63, 3.8) is 0 Å². The molecule has 0 radical (unpaired) electrons. The molecule has 1 amide bonds. The lowest BCUT2D eigenvalue weighted by molar-refractivity contribution is -0.138. The first-order valence-corrected chi connectivity index (χ1v) is 12.9. The number of halogens is 3. The van der Waals surface area contributed by atoms with Crippen LogP contribution in [0.4, 0.5) is 18.9 Å². The first-order chi connectivity index (χ1) is 18.6. The number of benzene rings is 2. The Kier molecular flexibility index (Phi) is 7.42. The zero-order valence-corrected chi connectivity index (χ0v) is 22.2. The molecular formula is C29H31F3N6O. The lowest BCUT2D eigenvalue weighted by atomic mass is 10.0. The average molecular weight is 537 g/mol. The molecule has 1 N–H and O–H groups in total. The lowest BCUT2D eigenvalue weighted by Gasteiger charge is -2.35. The number of likely N-dealkylation sites (tertiary alicyclic amines) is 1. The van der Waals surface area contributed by atoms with Crippen molar-refractivity contribution in [2.75, 3.05) is 32.5 Å². The first-order valence-electron chi connectivity index (χ1n) is 12.9. The Labute approximate surface area is 225 Å². The molecule has 3 heterocycles. The Morgan fingerprint density at radius 2 is 1.87 bits per heavy atom. The molecule has 4 aromatic rings. The Morgan fingerprint density at radius 3 is 2.59 bits per heavy atom. The van der Waals surface area contributed by atoms with Gasteiger partial charge in [0.2, 0.25) is 0 Å². The SMILES string of the molecule is Cc1ccc(C(=O)Nc2ccc(CN3CCC(N(C)C)CC3)c(C(F)(F)F)c2)cc1-c1cnc2cnccn12. The van der Waals surface area contributed by atoms with Crippen LogP contribution in [0.5, 0.6) is 0 Å². The summed E-state index contributed by atoms with van der Waals surface area (Å²) in [6.07, 6.45) is 4.10. The molecule has 0 saturated carbocycles. The summed E-state index contributed by atoms with van der Waals surface area (Å²) in [5.74, 6) is -0.488. The van der Waals surface area contributed by atoms with Gasteiger partial charge in [0.05, 0.1) is 23.7 Å². The summed E-state index contributed by atoms with van der Waals surface area (Å²) in [6.45, 7) is 3.64. The van der Waals surface area contributed by atoms with Gasteiger partial charge in [-0.25, -0.2) is 4.98 Å². The van der Waals surface area contributed by atoms with Crippen LogP contribution in [-0.4, -0.2) is 63.3 Å². The molecule has 0 atom stereocenters. The number of hydrogen-bond acceptors (Lipinski definition) is 5. The second kappa shape index (κ2) is 10.8. The van der Waals surface area contributed by atoms with Gasteiger partial charge in [-0.3, -0.25) is 19.1 Å². The average Bonchev–Trinajstić information content (AvgIpc) is 3.33. The number of piperidine rings is 1. The molecular weight excluding hydrogens is 505 g/mol. The number of fused-ring (bicyclic) bond motifs is 1. The third-order valence-electron chi connectivity index (χ3n) is 7.45. The predicted molar refractivity (Wildman–Crippen MR) is 145 cm³/mol. The minimum absolute atomic E-state index is 0.102. The monoisotopic (exact) mass is 536 g/mol. The molecule has 10 heteroatoms. The summed E-state index contributed by atoms with van der Waals surface area (Å²) < 4.78 is 44.0. The smallest absolute Gasteiger partial charge is 0.322 e. The molecule has 0 bridgehead atoms. The van der Waals surface area contributed by atoms with Crippen LogP contribution in [0.2, 0.25) is 0 Å². The molecule has 1 aliphatic heterocycles. The van der Waals surface area contributed by atoms with Crippen LogP contribution < -0.4 is 5.32 Å². The van der Waals surface area contributed by atoms with Crippen molar-refractivity contribution < 1.29 is 18.0 Å². The molecule has 7 nitrogen and oxygen atoms in total. The number of nitrogens with one attached hydrogen (secondary N) is 1. The van der Waals surface area contributed by atoms with Crippen LogP contribution >= 0.6 is 0 Å². The van der Waals surface area contributed by atoms with Gasteiger partial charge in [-0.05, 0) is 82.3 Å². The van der Waals surface area contributed by atoms with Gasteiger partial charge >= 0.3 is 6.18 Å². The van der Waals surface area contributed by atoms with E-state index in [4.69, 9.17) is 0 Å². The molecule has 0 unspecified atom stereocenters. The van der Waals surface area contributed by atoms with Crippen LogP contribution in [0.3, 0.4) is 0 Å². The van der Waals surface area contributed by atoms with Gasteiger partial charge in [0.1, 0.15) is 0 Å². The topological polar surface area (TPSA) is 65.8 Å². The summed E-state index contributed by atoms with van der Waals surface area (Å²) in [5.41, 5.74) is 3.12. The van der Waals surface area contributed by atoms with Crippen molar-refractivity contribution >= 4 is 17.2 Å². The van der Waals surface area contributed by atoms with Gasteiger partial charge in [-0.2, -0.15) is 13.2 Å². The van der Waals surface area contributed by atoms with Gasteiger partial charge in [0.25, 0.3) is 5.91 Å². The highest BCUT2D eigenvalue weighted by Gasteiger charge is 2.34. The Bertz CT molecular complexity index is 1490. The number of hydrogen-bond donors (Lipinski definition) is 1. The van der Waals surface area contributed by atoms with E-state index in [0.29, 0.717) is 17.3 Å². The molecule has 5 rings (SSSR count). The molecule has 0 spiro atoms. The maximum atomic E-state index is 14.0. The van der Waals surface area contributed by atoms with E-state index in [2.05, 4.69) is 25.1 Å². The van der Waals surface area contributed by atoms with Crippen LogP contribution in [0.1, 0.15) is 39.9 Å². The molecule has 2 aromatic carbocycles. The summed E-state index contributed by atoms with van der Waals surface area (Å²) in [5, 5.41) is 2.66. The third-order valence-corrected chi connectivity index (χ3v) is 7.45. The molecule has 204 valence electrons. The van der Waals surface area contributed by atoms with E-state index in [1.165, 1.54) is 6.07 Å². The lowest BCUT2D eigenvalue weighted by Crippen LogP contribution is -2.41. The Hall–Kier alpha value is -3.76. The molecule has 1 fully saturated rings. The highest BCUT2D eigenvalue weighted by molar-refractivity contribution is 6.05. The Balaban J connectivity index is 1.36. The second-order valence-corrected chi connectivity index (χ2v) is 10.3. The molecule has 2 aromatic heterocycles. The highest BCUT2D eigenvalue weighted by atomic mass is 19.4. The normalized spacial score (nSPS) is 15.3. The summed E-state index contributed by atoms with van der Waals surface area (Å²) in [6, 6.07) is 9.71. The fourth-order valence-electron chi connectivity index (χ4n) is 5.17. The van der Waals surface area contributed by atoms with E-state index in [9.17, 15) is 18.0 Å². The fraction of sp³-hybridized carbons (Fsp3) is 0.345. The van der Waals surface area contributed by atoms with Crippen LogP contribution in [0, 0.1) is 6.92 Å². The number of anilines is 1. The molecule has 0 aliphatic carbocycles. The first kappa shape index (κ1) is 26.8. The quantitative estimate of drug-likeness (QED) is 0.353. The fourth-order valence-corrected chi connectivity index (χ4v) is 5.17. The van der Waals surface area contributed by atoms with E-state index in [0.717, 1.165) is 48.8 Å². The van der Waals surface area contributed by atoms with E-state index < -0.39 is 17.6 Å². The second-order valence-electron chi connectivity index (χ2n) is 10.3. The van der Waals surface area contributed by atoms with Crippen molar-refractivity contribution in [2.45, 2.75) is 38.5 Å². The standard InChI is InChI=1S/C29H31F3N6O/c1-19-4-5-20(14-24(19)26-16-34-27-17-33-10-13-38(26)27)28(39)35-22-7-6-21(25(15-22)29(30,31)32)18-37-11-8-23(9-12-37)36(2)3/h4-7,10,13-17,23H,8-9,11-12,18H2,1-3H3,(H,35,39). The number of carbonyl (C=O) groups excluding carboxylic acids is 1. The number of nitrogens with zero attached hydrogens (tertiary/aromatic N) is 5. The molecule has 1 saturated heterocycles. The van der Waals surface area contributed by atoms with Gasteiger partial charge in [0, 0.05) is 41.8 Å². The van der Waals surface area contributed by atoms with Crippen molar-refractivity contribution in [3.05, 3.63) is 83.4 Å². The van der Waals surface area contributed by atoms with Crippen LogP contribution in [0.15, 0.2) is 61.2 Å². The van der Waals surface area contributed by atoms with E-state index in [1.54, 1.807) is 43.0 Å². The number of alkyl halides is 3. The van der Waals surface area contributed by atoms with Gasteiger partial charge in [-0.1, -0.05) is 12.1 Å². The number of aryl methyl sites for hydroxylation is 1. The summed E-state index contributed by atoms with van der Waals surface area (Å²) >= 11 is 0. The molecule has 1 aliphatic rings. The minimum atomic E-state index is -4.53. The van der Waals surface area contributed by atoms with Crippen LogP contribution in [-0.2, 0) is 12.7 Å². The van der Waals surface area contributed by atoms with E-state index >= 15 is 0 Å². The summed E-state index contributed by atoms with van der Waals surface area (Å²) in [7, 11) is 4.06. The zero-order valence-electron chi connectivity index (χ0n) is 22.2. The summed E-state index contributed by atoms with van der Waals surface area (Å²) in [4.78, 5) is 25.8. The maximum Gasteiger partial charge on any atom is 0.416 e. The van der Waals surface area contributed by atoms with Crippen molar-refractivity contribution in [1.29, 1.82) is 0 Å². The number of rotatable bonds is 6. The number of aromatic nitrogens is 3. The predicted octanol–water partition coefficient (Wildman–Crippen LogP) is 5.50. The molecule has 39 heavy (non-hydrogen) atoms. The van der Waals surface area contributed by atoms with Gasteiger partial charge < -0.3 is 10.2 Å². The largest absolute Gasteiger partial charge is 0.416 e. The van der Waals surface area contributed by atoms with Crippen molar-refractivity contribution in [2.24, 2.45) is 0 Å². The van der Waals surface area contributed by atoms with E-state index in [1.807, 2.05) is 31.5 Å². The minimum Gasteiger partial charge on any atom is -0.322 e. The van der Waals surface area contributed by atoms with Crippen molar-refractivity contribution in [1.82, 2.24) is 24.2 Å². The number of amides is 1. The zero-order chi connectivity index (χ0) is 27.7. The van der Waals surface area contributed by atoms with Gasteiger partial charge in [0.15, 0.2) is 5.65 Å². The highest BCUT2D eigenvalue weighted by Crippen LogP contribution is 2.35. The number of carbonyl (C=O) groups is 1. The Morgan fingerprint density at radius 1 is 1.10 bits per heavy atom. The van der Waals surface area contributed by atoms with E-state index in [-0.39, 0.29) is 17.8 Å². The van der Waals surface area contributed by atoms with Gasteiger partial charge in [-0.15, -0.1) is 0 Å². The van der Waals surface area contributed by atoms with Crippen LogP contribution in [0.25, 0.3) is 16.9 Å².